The summed E-state index contributed by atoms with van der Waals surface area (Å²) >= 11 is 0. The number of hydrogen-bond donors (Lipinski definition) is 0. The molecule has 0 fully saturated rings. The minimum Gasteiger partial charge on any atom is -0.158 e. The van der Waals surface area contributed by atoms with Crippen LogP contribution in [0.5, 0.6) is 0 Å². The van der Waals surface area contributed by atoms with Gasteiger partial charge in [0.2, 0.25) is 0 Å². The maximum atomic E-state index is 4.09. The van der Waals surface area contributed by atoms with Gasteiger partial charge in [0.05, 0.1) is 11.9 Å². The highest BCUT2D eigenvalue weighted by molar-refractivity contribution is 5.35. The molecule has 1 aliphatic carbocycles. The molecule has 0 aliphatic heterocycles. The van der Waals surface area contributed by atoms with Crippen molar-refractivity contribution in [2.45, 2.75) is 6.42 Å². The lowest BCUT2D eigenvalue weighted by Crippen LogP contribution is -1.78. The van der Waals surface area contributed by atoms with Gasteiger partial charge in [-0.3, -0.25) is 0 Å². The summed E-state index contributed by atoms with van der Waals surface area (Å²) in [4.78, 5) is 0. The first-order valence-corrected chi connectivity index (χ1v) is 4.93. The summed E-state index contributed by atoms with van der Waals surface area (Å²) in [5.74, 6) is 0. The first-order valence-electron chi connectivity index (χ1n) is 4.93. The van der Waals surface area contributed by atoms with Crippen LogP contribution in [-0.2, 0) is 0 Å². The van der Waals surface area contributed by atoms with E-state index in [2.05, 4.69) is 16.3 Å². The van der Waals surface area contributed by atoms with Crippen molar-refractivity contribution in [3.63, 3.8) is 0 Å². The Morgan fingerprint density at radius 3 is 2.67 bits per heavy atom. The summed E-state index contributed by atoms with van der Waals surface area (Å²) in [5, 5.41) is 8.13. The van der Waals surface area contributed by atoms with E-state index in [-0.39, 0.29) is 0 Å². The Hall–Kier alpha value is -1.96. The molecule has 0 spiro atoms. The predicted molar refractivity (Wildman–Crippen MR) is 61.9 cm³/mol. The van der Waals surface area contributed by atoms with Crippen LogP contribution in [0.1, 0.15) is 6.42 Å². The molecule has 1 aromatic rings. The second-order valence-corrected chi connectivity index (χ2v) is 3.25. The number of nitrogens with zero attached hydrogens (tertiary/aromatic N) is 2. The molecule has 0 amide bonds. The molecule has 0 N–H and O–H groups in total. The fraction of sp³-hybridized carbons (Fsp3) is 0.0769. The zero-order valence-electron chi connectivity index (χ0n) is 8.38. The van der Waals surface area contributed by atoms with E-state index in [1.54, 1.807) is 6.20 Å². The third-order valence-corrected chi connectivity index (χ3v) is 2.06. The van der Waals surface area contributed by atoms with Gasteiger partial charge in [0.15, 0.2) is 0 Å². The maximum Gasteiger partial charge on any atom is 0.0856 e. The van der Waals surface area contributed by atoms with E-state index in [9.17, 15) is 0 Å². The van der Waals surface area contributed by atoms with Gasteiger partial charge in [0.25, 0.3) is 0 Å². The number of rotatable bonds is 2. The van der Waals surface area contributed by atoms with Crippen LogP contribution in [0.15, 0.2) is 76.6 Å². The van der Waals surface area contributed by atoms with Gasteiger partial charge in [-0.2, -0.15) is 10.2 Å². The van der Waals surface area contributed by atoms with E-state index in [1.165, 1.54) is 5.57 Å². The zero-order chi connectivity index (χ0) is 10.3. The average molecular weight is 196 g/mol. The number of azo groups is 1. The standard InChI is InChI=1S/C13H12N2/c1-3-7-12(8-4-1)11-14-15-13-9-5-2-6-10-13/h1-7,9-11H,8H2/b12-11-,15-14?. The molecule has 0 aromatic heterocycles. The van der Waals surface area contributed by atoms with E-state index < -0.39 is 0 Å². The summed E-state index contributed by atoms with van der Waals surface area (Å²) in [6.45, 7) is 0. The van der Waals surface area contributed by atoms with Crippen molar-refractivity contribution in [2.24, 2.45) is 10.2 Å². The maximum absolute atomic E-state index is 4.09. The monoisotopic (exact) mass is 196 g/mol. The molecule has 0 atom stereocenters. The van der Waals surface area contributed by atoms with Crippen molar-refractivity contribution in [3.05, 3.63) is 66.4 Å². The molecule has 2 nitrogen and oxygen atoms in total. The number of benzene rings is 1. The van der Waals surface area contributed by atoms with E-state index in [4.69, 9.17) is 0 Å². The van der Waals surface area contributed by atoms with Crippen LogP contribution >= 0.6 is 0 Å². The van der Waals surface area contributed by atoms with Gasteiger partial charge in [-0.05, 0) is 24.1 Å². The van der Waals surface area contributed by atoms with Gasteiger partial charge < -0.3 is 0 Å². The summed E-state index contributed by atoms with van der Waals surface area (Å²) in [6.07, 6.45) is 10.9. The SMILES string of the molecule is C1=CC/C(=C\N=Nc2ccccc2)C=C1. The molecule has 0 radical (unpaired) electrons. The lowest BCUT2D eigenvalue weighted by Gasteiger charge is -1.97. The van der Waals surface area contributed by atoms with Crippen molar-refractivity contribution in [3.8, 4) is 0 Å². The molecule has 0 saturated carbocycles. The smallest absolute Gasteiger partial charge is 0.0856 e. The highest BCUT2D eigenvalue weighted by atomic mass is 15.1. The second kappa shape index (κ2) is 5.05. The topological polar surface area (TPSA) is 24.7 Å². The molecular weight excluding hydrogens is 184 g/mol. The molecule has 1 aromatic carbocycles. The Balaban J connectivity index is 2.01. The van der Waals surface area contributed by atoms with Crippen LogP contribution in [0.25, 0.3) is 0 Å². The molecule has 0 saturated heterocycles. The summed E-state index contributed by atoms with van der Waals surface area (Å²) in [5.41, 5.74) is 2.06. The Kier molecular flexibility index (Phi) is 3.23. The van der Waals surface area contributed by atoms with Crippen molar-refractivity contribution < 1.29 is 0 Å². The third-order valence-electron chi connectivity index (χ3n) is 2.06. The minimum absolute atomic E-state index is 0.879. The van der Waals surface area contributed by atoms with Gasteiger partial charge in [-0.25, -0.2) is 0 Å². The molecule has 74 valence electrons. The van der Waals surface area contributed by atoms with Crippen molar-refractivity contribution in [1.82, 2.24) is 0 Å². The van der Waals surface area contributed by atoms with Gasteiger partial charge in [-0.15, -0.1) is 0 Å². The van der Waals surface area contributed by atoms with Crippen molar-refractivity contribution >= 4 is 5.69 Å². The van der Waals surface area contributed by atoms with Crippen LogP contribution in [-0.4, -0.2) is 0 Å². The minimum atomic E-state index is 0.879. The third kappa shape index (κ3) is 3.02. The van der Waals surface area contributed by atoms with E-state index in [1.807, 2.05) is 48.6 Å². The van der Waals surface area contributed by atoms with Gasteiger partial charge in [0.1, 0.15) is 0 Å². The van der Waals surface area contributed by atoms with E-state index in [0.717, 1.165) is 12.1 Å². The fourth-order valence-electron chi connectivity index (χ4n) is 1.29. The van der Waals surface area contributed by atoms with Crippen LogP contribution in [0.3, 0.4) is 0 Å². The van der Waals surface area contributed by atoms with Crippen molar-refractivity contribution in [1.29, 1.82) is 0 Å². The largest absolute Gasteiger partial charge is 0.158 e. The lowest BCUT2D eigenvalue weighted by atomic mass is 10.1. The molecule has 0 bridgehead atoms. The number of hydrogen-bond acceptors (Lipinski definition) is 2. The number of allylic oxidation sites excluding steroid dienone is 5. The van der Waals surface area contributed by atoms with Crippen LogP contribution in [0.2, 0.25) is 0 Å². The summed E-state index contributed by atoms with van der Waals surface area (Å²) in [6, 6.07) is 9.72. The lowest BCUT2D eigenvalue weighted by molar-refractivity contribution is 1.17. The zero-order valence-corrected chi connectivity index (χ0v) is 8.38. The normalized spacial score (nSPS) is 17.7. The van der Waals surface area contributed by atoms with Gasteiger partial charge in [0, 0.05) is 0 Å². The summed E-state index contributed by atoms with van der Waals surface area (Å²) < 4.78 is 0. The molecule has 1 aliphatic rings. The molecule has 15 heavy (non-hydrogen) atoms. The first kappa shape index (κ1) is 9.59. The Morgan fingerprint density at radius 1 is 1.07 bits per heavy atom. The molecule has 2 heteroatoms. The Bertz CT molecular complexity index is 425. The average Bonchev–Trinajstić information content (AvgIpc) is 2.32. The first-order chi connectivity index (χ1) is 7.45. The highest BCUT2D eigenvalue weighted by Crippen LogP contribution is 2.13. The van der Waals surface area contributed by atoms with Crippen molar-refractivity contribution in [2.75, 3.05) is 0 Å². The van der Waals surface area contributed by atoms with Crippen LogP contribution in [0.4, 0.5) is 5.69 Å². The fourth-order valence-corrected chi connectivity index (χ4v) is 1.29. The quantitative estimate of drug-likeness (QED) is 0.634. The molecule has 0 unspecified atom stereocenters. The van der Waals surface area contributed by atoms with Gasteiger partial charge in [-0.1, -0.05) is 42.5 Å². The Labute approximate surface area is 89.4 Å². The van der Waals surface area contributed by atoms with E-state index >= 15 is 0 Å². The van der Waals surface area contributed by atoms with Gasteiger partial charge >= 0.3 is 0 Å². The van der Waals surface area contributed by atoms with E-state index in [0.29, 0.717) is 0 Å². The van der Waals surface area contributed by atoms with Crippen LogP contribution < -0.4 is 0 Å². The highest BCUT2D eigenvalue weighted by Gasteiger charge is 1.91. The predicted octanol–water partition coefficient (Wildman–Crippen LogP) is 4.17. The Morgan fingerprint density at radius 2 is 1.93 bits per heavy atom. The molecular formula is C13H12N2. The molecule has 2 rings (SSSR count). The second-order valence-electron chi connectivity index (χ2n) is 3.25. The summed E-state index contributed by atoms with van der Waals surface area (Å²) in [7, 11) is 0. The van der Waals surface area contributed by atoms with Crippen LogP contribution in [0, 0.1) is 0 Å². The molecule has 0 heterocycles.